The van der Waals surface area contributed by atoms with Gasteiger partial charge < -0.3 is 15.2 Å². The molecule has 5 heteroatoms. The van der Waals surface area contributed by atoms with Crippen molar-refractivity contribution in [2.75, 3.05) is 12.3 Å². The summed E-state index contributed by atoms with van der Waals surface area (Å²) in [4.78, 5) is 24.0. The predicted molar refractivity (Wildman–Crippen MR) is 92.4 cm³/mol. The van der Waals surface area contributed by atoms with E-state index in [2.05, 4.69) is 20.8 Å². The van der Waals surface area contributed by atoms with Gasteiger partial charge in [0.25, 0.3) is 0 Å². The van der Waals surface area contributed by atoms with Crippen molar-refractivity contribution in [2.45, 2.75) is 46.1 Å². The average molecular weight is 333 g/mol. The Balaban J connectivity index is 1.85. The number of carbonyl (C=O) groups is 2. The highest BCUT2D eigenvalue weighted by Gasteiger charge is 2.33. The summed E-state index contributed by atoms with van der Waals surface area (Å²) in [5.41, 5.74) is 6.51. The molecule has 0 amide bonds. The van der Waals surface area contributed by atoms with Gasteiger partial charge in [0.1, 0.15) is 6.10 Å². The molecule has 1 fully saturated rings. The predicted octanol–water partition coefficient (Wildman–Crippen LogP) is 3.43. The number of nitrogens with two attached hydrogens (primary N) is 1. The van der Waals surface area contributed by atoms with E-state index < -0.39 is 11.9 Å². The molecule has 0 spiro atoms. The normalized spacial score (nSPS) is 23.8. The average Bonchev–Trinajstić information content (AvgIpc) is 2.53. The molecule has 0 saturated heterocycles. The number of hydrogen-bond donors (Lipinski definition) is 1. The molecule has 1 saturated carbocycles. The summed E-state index contributed by atoms with van der Waals surface area (Å²) in [5, 5.41) is 0. The second-order valence-electron chi connectivity index (χ2n) is 7.05. The van der Waals surface area contributed by atoms with Gasteiger partial charge >= 0.3 is 11.9 Å². The van der Waals surface area contributed by atoms with Crippen molar-refractivity contribution in [3.8, 4) is 0 Å². The smallest absolute Gasteiger partial charge is 0.344 e. The first-order valence-electron chi connectivity index (χ1n) is 8.59. The van der Waals surface area contributed by atoms with E-state index in [4.69, 9.17) is 15.2 Å². The van der Waals surface area contributed by atoms with Gasteiger partial charge in [-0.15, -0.1) is 0 Å². The lowest BCUT2D eigenvalue weighted by Crippen LogP contribution is -2.36. The van der Waals surface area contributed by atoms with E-state index in [1.807, 2.05) is 0 Å². The molecule has 5 nitrogen and oxygen atoms in total. The van der Waals surface area contributed by atoms with Crippen LogP contribution in [0.4, 0.5) is 5.69 Å². The van der Waals surface area contributed by atoms with Crippen LogP contribution in [-0.2, 0) is 14.3 Å². The Morgan fingerprint density at radius 1 is 1.21 bits per heavy atom. The number of anilines is 1. The van der Waals surface area contributed by atoms with E-state index in [-0.39, 0.29) is 12.7 Å². The highest BCUT2D eigenvalue weighted by molar-refractivity contribution is 5.91. The van der Waals surface area contributed by atoms with E-state index in [1.54, 1.807) is 24.3 Å². The van der Waals surface area contributed by atoms with Gasteiger partial charge in [-0.3, -0.25) is 0 Å². The number of carbonyl (C=O) groups excluding carboxylic acids is 2. The summed E-state index contributed by atoms with van der Waals surface area (Å²) >= 11 is 0. The maximum Gasteiger partial charge on any atom is 0.344 e. The highest BCUT2D eigenvalue weighted by atomic mass is 16.6. The minimum Gasteiger partial charge on any atom is -0.460 e. The second-order valence-corrected chi connectivity index (χ2v) is 7.05. The van der Waals surface area contributed by atoms with E-state index >= 15 is 0 Å². The molecule has 132 valence electrons. The van der Waals surface area contributed by atoms with Crippen LogP contribution in [0.1, 0.15) is 50.4 Å². The van der Waals surface area contributed by atoms with Gasteiger partial charge in [0.05, 0.1) is 5.56 Å². The van der Waals surface area contributed by atoms with Crippen LogP contribution in [-0.4, -0.2) is 24.6 Å². The highest BCUT2D eigenvalue weighted by Crippen LogP contribution is 2.35. The molecule has 0 bridgehead atoms. The summed E-state index contributed by atoms with van der Waals surface area (Å²) in [5.74, 6) is 0.355. The SMILES string of the molecule is CC(C)[C@@H]1CC[C@@H](C)C[C@@H]1OC(=O)COC(=O)c1ccc(N)cc1. The van der Waals surface area contributed by atoms with Gasteiger partial charge in [-0.2, -0.15) is 0 Å². The van der Waals surface area contributed by atoms with Crippen LogP contribution < -0.4 is 5.73 Å². The number of esters is 2. The molecule has 1 aliphatic carbocycles. The summed E-state index contributed by atoms with van der Waals surface area (Å²) in [6.07, 6.45) is 3.03. The largest absolute Gasteiger partial charge is 0.460 e. The van der Waals surface area contributed by atoms with Crippen molar-refractivity contribution in [3.63, 3.8) is 0 Å². The molecule has 2 N–H and O–H groups in total. The first kappa shape index (κ1) is 18.3. The number of benzene rings is 1. The summed E-state index contributed by atoms with van der Waals surface area (Å²) < 4.78 is 10.6. The number of ether oxygens (including phenoxy) is 2. The van der Waals surface area contributed by atoms with Gasteiger partial charge in [-0.05, 0) is 54.9 Å². The maximum atomic E-state index is 12.1. The Kier molecular flexibility index (Phi) is 6.23. The molecular weight excluding hydrogens is 306 g/mol. The van der Waals surface area contributed by atoms with Crippen LogP contribution in [0, 0.1) is 17.8 Å². The first-order valence-corrected chi connectivity index (χ1v) is 8.59. The molecule has 24 heavy (non-hydrogen) atoms. The minimum absolute atomic E-state index is 0.0866. The zero-order valence-corrected chi connectivity index (χ0v) is 14.7. The molecule has 3 atom stereocenters. The minimum atomic E-state index is -0.552. The van der Waals surface area contributed by atoms with Gasteiger partial charge in [0.15, 0.2) is 6.61 Å². The molecule has 0 heterocycles. The third-order valence-electron chi connectivity index (χ3n) is 4.71. The fourth-order valence-electron chi connectivity index (χ4n) is 3.28. The molecule has 0 aliphatic heterocycles. The van der Waals surface area contributed by atoms with Crippen LogP contribution in [0.25, 0.3) is 0 Å². The summed E-state index contributed by atoms with van der Waals surface area (Å²) in [6, 6.07) is 6.37. The molecule has 0 radical (unpaired) electrons. The Morgan fingerprint density at radius 3 is 2.50 bits per heavy atom. The van der Waals surface area contributed by atoms with E-state index in [1.165, 1.54) is 6.42 Å². The molecule has 1 aromatic carbocycles. The standard InChI is InChI=1S/C19H27NO4/c1-12(2)16-9-4-13(3)10-17(16)24-18(21)11-23-19(22)14-5-7-15(20)8-6-14/h5-8,12-13,16-17H,4,9-11,20H2,1-3H3/t13-,16+,17+/m1/s1. The zero-order valence-electron chi connectivity index (χ0n) is 14.7. The quantitative estimate of drug-likeness (QED) is 0.660. The van der Waals surface area contributed by atoms with E-state index in [0.29, 0.717) is 29.0 Å². The number of nitrogen functional groups attached to an aromatic ring is 1. The molecule has 0 unspecified atom stereocenters. The molecule has 1 aromatic rings. The number of rotatable bonds is 5. The van der Waals surface area contributed by atoms with Gasteiger partial charge in [0, 0.05) is 5.69 Å². The third-order valence-corrected chi connectivity index (χ3v) is 4.71. The fraction of sp³-hybridized carbons (Fsp3) is 0.579. The Hall–Kier alpha value is -2.04. The number of hydrogen-bond acceptors (Lipinski definition) is 5. The fourth-order valence-corrected chi connectivity index (χ4v) is 3.28. The lowest BCUT2D eigenvalue weighted by Gasteiger charge is -2.36. The van der Waals surface area contributed by atoms with Gasteiger partial charge in [-0.25, -0.2) is 9.59 Å². The van der Waals surface area contributed by atoms with Crippen molar-refractivity contribution >= 4 is 17.6 Å². The van der Waals surface area contributed by atoms with Crippen molar-refractivity contribution in [3.05, 3.63) is 29.8 Å². The molecular formula is C19H27NO4. The van der Waals surface area contributed by atoms with E-state index in [0.717, 1.165) is 12.8 Å². The topological polar surface area (TPSA) is 78.6 Å². The first-order chi connectivity index (χ1) is 11.4. The Morgan fingerprint density at radius 2 is 1.88 bits per heavy atom. The van der Waals surface area contributed by atoms with Crippen molar-refractivity contribution in [2.24, 2.45) is 17.8 Å². The molecule has 1 aliphatic rings. The third kappa shape index (κ3) is 4.98. The van der Waals surface area contributed by atoms with Gasteiger partial charge in [0.2, 0.25) is 0 Å². The lowest BCUT2D eigenvalue weighted by atomic mass is 9.75. The maximum absolute atomic E-state index is 12.1. The second kappa shape index (κ2) is 8.18. The van der Waals surface area contributed by atoms with Gasteiger partial charge in [-0.1, -0.05) is 27.2 Å². The lowest BCUT2D eigenvalue weighted by molar-refractivity contribution is -0.159. The van der Waals surface area contributed by atoms with Crippen LogP contribution in [0.15, 0.2) is 24.3 Å². The van der Waals surface area contributed by atoms with Crippen molar-refractivity contribution in [1.29, 1.82) is 0 Å². The van der Waals surface area contributed by atoms with E-state index in [9.17, 15) is 9.59 Å². The van der Waals surface area contributed by atoms with Crippen molar-refractivity contribution < 1.29 is 19.1 Å². The van der Waals surface area contributed by atoms with Crippen molar-refractivity contribution in [1.82, 2.24) is 0 Å². The zero-order chi connectivity index (χ0) is 17.7. The summed E-state index contributed by atoms with van der Waals surface area (Å²) in [6.45, 7) is 6.13. The Labute approximate surface area is 143 Å². The Bertz CT molecular complexity index is 567. The molecule has 0 aromatic heterocycles. The van der Waals surface area contributed by atoms with Crippen LogP contribution in [0.2, 0.25) is 0 Å². The monoisotopic (exact) mass is 333 g/mol. The van der Waals surface area contributed by atoms with Crippen LogP contribution >= 0.6 is 0 Å². The molecule has 2 rings (SSSR count). The van der Waals surface area contributed by atoms with Crippen LogP contribution in [0.5, 0.6) is 0 Å². The van der Waals surface area contributed by atoms with Crippen LogP contribution in [0.3, 0.4) is 0 Å². The summed E-state index contributed by atoms with van der Waals surface area (Å²) in [7, 11) is 0.